The van der Waals surface area contributed by atoms with Gasteiger partial charge < -0.3 is 24.8 Å². The van der Waals surface area contributed by atoms with Crippen LogP contribution in [-0.2, 0) is 21.3 Å². The van der Waals surface area contributed by atoms with Gasteiger partial charge >= 0.3 is 244 Å². The molecule has 3 heteroatoms. The van der Waals surface area contributed by atoms with Crippen LogP contribution in [0.2, 0.25) is 0 Å². The largest absolute Gasteiger partial charge is 1.00 e. The molecule has 0 spiro atoms. The molecule has 0 N–H and O–H groups in total. The van der Waals surface area contributed by atoms with E-state index in [1.54, 1.807) is 25.5 Å². The zero-order valence-corrected chi connectivity index (χ0v) is 28.8. The Morgan fingerprint density at radius 3 is 1.78 bits per heavy atom. The van der Waals surface area contributed by atoms with Crippen LogP contribution in [0.3, 0.4) is 0 Å². The zero-order chi connectivity index (χ0) is 27.3. The van der Waals surface area contributed by atoms with Crippen LogP contribution in [0.15, 0.2) is 102 Å². The van der Waals surface area contributed by atoms with Crippen molar-refractivity contribution in [3.63, 3.8) is 0 Å². The Morgan fingerprint density at radius 2 is 1.22 bits per heavy atom. The van der Waals surface area contributed by atoms with Crippen LogP contribution in [0.4, 0.5) is 0 Å². The van der Waals surface area contributed by atoms with E-state index in [-0.39, 0.29) is 24.8 Å². The SMILES string of the molecule is CC1=Cc2c(-c3ccccc3)ccc(C)c2[CH]1[Zr+2](=[C](C)C)[CH]1C(C(C)C)=Cc2c(-c3ccccc3)cccc21.[Cl-].[Cl-]. The summed E-state index contributed by atoms with van der Waals surface area (Å²) >= 11 is -2.34. The Morgan fingerprint density at radius 1 is 0.634 bits per heavy atom. The maximum Gasteiger partial charge on any atom is -1.00 e. The Labute approximate surface area is 266 Å². The fraction of sp³-hybridized carbons (Fsp3) is 0.237. The van der Waals surface area contributed by atoms with Gasteiger partial charge in [0.05, 0.1) is 0 Å². The van der Waals surface area contributed by atoms with Gasteiger partial charge in [0.1, 0.15) is 0 Å². The maximum atomic E-state index is 2.58. The zero-order valence-electron chi connectivity index (χ0n) is 24.8. The van der Waals surface area contributed by atoms with Crippen molar-refractivity contribution in [3.05, 3.63) is 130 Å². The molecular formula is C38H38Cl2Zr. The average molecular weight is 657 g/mol. The third-order valence-corrected chi connectivity index (χ3v) is 18.1. The molecule has 0 amide bonds. The third-order valence-electron chi connectivity index (χ3n) is 8.75. The number of fused-ring (bicyclic) bond motifs is 2. The summed E-state index contributed by atoms with van der Waals surface area (Å²) in [5.41, 5.74) is 16.2. The van der Waals surface area contributed by atoms with E-state index >= 15 is 0 Å². The summed E-state index contributed by atoms with van der Waals surface area (Å²) in [6.45, 7) is 14.5. The van der Waals surface area contributed by atoms with Gasteiger partial charge in [-0.3, -0.25) is 0 Å². The molecule has 2 aliphatic carbocycles. The molecule has 6 rings (SSSR count). The Bertz CT molecular complexity index is 1660. The molecule has 208 valence electrons. The first kappa shape index (κ1) is 31.6. The number of hydrogen-bond acceptors (Lipinski definition) is 0. The molecule has 2 atom stereocenters. The first-order valence-electron chi connectivity index (χ1n) is 14.3. The number of halogens is 2. The smallest absolute Gasteiger partial charge is 1.00 e. The molecule has 0 nitrogen and oxygen atoms in total. The molecular weight excluding hydrogens is 619 g/mol. The monoisotopic (exact) mass is 654 g/mol. The van der Waals surface area contributed by atoms with E-state index in [1.165, 1.54) is 38.9 Å². The summed E-state index contributed by atoms with van der Waals surface area (Å²) < 4.78 is 2.84. The average Bonchev–Trinajstić information content (AvgIpc) is 3.49. The van der Waals surface area contributed by atoms with Crippen LogP contribution in [0.1, 0.15) is 69.7 Å². The Balaban J connectivity index is 0.00000194. The van der Waals surface area contributed by atoms with E-state index in [0.717, 1.165) is 0 Å². The van der Waals surface area contributed by atoms with Crippen LogP contribution >= 0.6 is 0 Å². The molecule has 0 bridgehead atoms. The van der Waals surface area contributed by atoms with Gasteiger partial charge in [0.2, 0.25) is 0 Å². The molecule has 0 aromatic heterocycles. The fourth-order valence-electron chi connectivity index (χ4n) is 6.98. The Kier molecular flexibility index (Phi) is 9.96. The van der Waals surface area contributed by atoms with Crippen LogP contribution in [0.25, 0.3) is 34.4 Å². The van der Waals surface area contributed by atoms with Gasteiger partial charge in [-0.05, 0) is 0 Å². The quantitative estimate of drug-likeness (QED) is 0.299. The van der Waals surface area contributed by atoms with Crippen molar-refractivity contribution in [2.45, 2.75) is 48.8 Å². The minimum Gasteiger partial charge on any atom is -1.00 e. The van der Waals surface area contributed by atoms with Gasteiger partial charge in [-0.2, -0.15) is 0 Å². The normalized spacial score (nSPS) is 16.4. The summed E-state index contributed by atoms with van der Waals surface area (Å²) in [6.07, 6.45) is 5.12. The molecule has 0 saturated carbocycles. The molecule has 0 radical (unpaired) electrons. The molecule has 0 saturated heterocycles. The van der Waals surface area contributed by atoms with Crippen molar-refractivity contribution in [1.82, 2.24) is 0 Å². The molecule has 41 heavy (non-hydrogen) atoms. The standard InChI is InChI=1S/C18H17.C17H15.C3H6.2ClH.Zr/c1-13(2)16-11-15-9-6-10-17(18(15)12-16)14-7-4-3-5-8-14;1-12-10-16-13(2)8-9-15(17(16)11-12)14-6-4-3-5-7-14;1-3-2;;;/h3-13H,1-2H3;3-11H,1-2H3;1-2H3;2*1H;/q;;;;;+2/p-2. The first-order chi connectivity index (χ1) is 18.9. The number of hydrogen-bond donors (Lipinski definition) is 0. The van der Waals surface area contributed by atoms with Gasteiger partial charge in [0, 0.05) is 0 Å². The maximum absolute atomic E-state index is 2.58. The molecule has 0 heterocycles. The molecule has 4 aromatic carbocycles. The van der Waals surface area contributed by atoms with Crippen molar-refractivity contribution < 1.29 is 46.1 Å². The molecule has 0 aliphatic heterocycles. The molecule has 2 aliphatic rings. The summed E-state index contributed by atoms with van der Waals surface area (Å²) in [6, 6.07) is 33.7. The van der Waals surface area contributed by atoms with Crippen molar-refractivity contribution >= 4 is 15.4 Å². The summed E-state index contributed by atoms with van der Waals surface area (Å²) in [5, 5.41) is 0. The van der Waals surface area contributed by atoms with Crippen molar-refractivity contribution in [1.29, 1.82) is 0 Å². The van der Waals surface area contributed by atoms with Gasteiger partial charge in [-0.25, -0.2) is 0 Å². The van der Waals surface area contributed by atoms with E-state index in [9.17, 15) is 0 Å². The number of rotatable bonds is 5. The van der Waals surface area contributed by atoms with Gasteiger partial charge in [0.25, 0.3) is 0 Å². The van der Waals surface area contributed by atoms with E-state index in [0.29, 0.717) is 13.2 Å². The fourth-order valence-corrected chi connectivity index (χ4v) is 17.1. The van der Waals surface area contributed by atoms with Crippen molar-refractivity contribution in [3.8, 4) is 22.3 Å². The van der Waals surface area contributed by atoms with Crippen LogP contribution in [-0.4, -0.2) is 3.21 Å². The van der Waals surface area contributed by atoms with E-state index < -0.39 is 21.3 Å². The Hall–Kier alpha value is -2.31. The minimum atomic E-state index is -2.34. The summed E-state index contributed by atoms with van der Waals surface area (Å²) in [4.78, 5) is 0. The van der Waals surface area contributed by atoms with Gasteiger partial charge in [-0.1, -0.05) is 0 Å². The summed E-state index contributed by atoms with van der Waals surface area (Å²) in [5.74, 6) is 0.530. The van der Waals surface area contributed by atoms with Crippen molar-refractivity contribution in [2.75, 3.05) is 0 Å². The second-order valence-electron chi connectivity index (χ2n) is 11.8. The number of aryl methyl sites for hydroxylation is 1. The minimum absolute atomic E-state index is 0. The van der Waals surface area contributed by atoms with Crippen LogP contribution in [0, 0.1) is 12.8 Å². The van der Waals surface area contributed by atoms with Gasteiger partial charge in [0.15, 0.2) is 0 Å². The van der Waals surface area contributed by atoms with Crippen LogP contribution in [0.5, 0.6) is 0 Å². The molecule has 4 aromatic rings. The van der Waals surface area contributed by atoms with E-state index in [2.05, 4.69) is 145 Å². The topological polar surface area (TPSA) is 0 Å². The van der Waals surface area contributed by atoms with Crippen molar-refractivity contribution in [2.24, 2.45) is 5.92 Å². The number of benzene rings is 4. The van der Waals surface area contributed by atoms with E-state index in [4.69, 9.17) is 0 Å². The number of allylic oxidation sites excluding steroid dienone is 2. The summed E-state index contributed by atoms with van der Waals surface area (Å²) in [7, 11) is 0. The third kappa shape index (κ3) is 5.59. The molecule has 0 fully saturated rings. The van der Waals surface area contributed by atoms with Gasteiger partial charge in [-0.15, -0.1) is 0 Å². The first-order valence-corrected chi connectivity index (χ1v) is 18.4. The predicted molar refractivity (Wildman–Crippen MR) is 167 cm³/mol. The second kappa shape index (κ2) is 12.9. The van der Waals surface area contributed by atoms with E-state index in [1.807, 2.05) is 0 Å². The molecule has 2 unspecified atom stereocenters. The second-order valence-corrected chi connectivity index (χ2v) is 19.3. The predicted octanol–water partition coefficient (Wildman–Crippen LogP) is 4.42. The van der Waals surface area contributed by atoms with Crippen LogP contribution < -0.4 is 24.8 Å².